The standard InChI is InChI=1S/C11H15BrN2/c1-2-7-5-11(7)14-10-4-3-8(13)6-9(10)12/h3-4,6-7,11,14H,2,5,13H2,1H3. The van der Waals surface area contributed by atoms with Gasteiger partial charge in [-0.15, -0.1) is 0 Å². The van der Waals surface area contributed by atoms with Gasteiger partial charge in [0.2, 0.25) is 0 Å². The summed E-state index contributed by atoms with van der Waals surface area (Å²) in [5.41, 5.74) is 7.62. The Bertz CT molecular complexity index is 338. The average Bonchev–Trinajstić information content (AvgIpc) is 2.89. The Labute approximate surface area is 93.0 Å². The first-order valence-corrected chi connectivity index (χ1v) is 5.81. The average molecular weight is 255 g/mol. The summed E-state index contributed by atoms with van der Waals surface area (Å²) in [4.78, 5) is 0. The summed E-state index contributed by atoms with van der Waals surface area (Å²) in [5.74, 6) is 0.861. The van der Waals surface area contributed by atoms with Crippen LogP contribution in [0.15, 0.2) is 22.7 Å². The number of nitrogens with two attached hydrogens (primary N) is 1. The van der Waals surface area contributed by atoms with Crippen LogP contribution in [0.5, 0.6) is 0 Å². The summed E-state index contributed by atoms with van der Waals surface area (Å²) >= 11 is 3.50. The molecule has 0 amide bonds. The molecule has 1 fully saturated rings. The van der Waals surface area contributed by atoms with Crippen molar-refractivity contribution in [3.05, 3.63) is 22.7 Å². The molecule has 2 atom stereocenters. The quantitative estimate of drug-likeness (QED) is 0.813. The Morgan fingerprint density at radius 2 is 2.36 bits per heavy atom. The van der Waals surface area contributed by atoms with E-state index in [4.69, 9.17) is 5.73 Å². The van der Waals surface area contributed by atoms with Crippen LogP contribution in [0.3, 0.4) is 0 Å². The van der Waals surface area contributed by atoms with Crippen molar-refractivity contribution in [1.29, 1.82) is 0 Å². The minimum Gasteiger partial charge on any atom is -0.399 e. The van der Waals surface area contributed by atoms with Gasteiger partial charge in [0.25, 0.3) is 0 Å². The van der Waals surface area contributed by atoms with E-state index in [1.165, 1.54) is 12.8 Å². The molecular formula is C11H15BrN2. The highest BCUT2D eigenvalue weighted by Gasteiger charge is 2.35. The molecule has 14 heavy (non-hydrogen) atoms. The third-order valence-electron chi connectivity index (χ3n) is 2.78. The van der Waals surface area contributed by atoms with Crippen molar-refractivity contribution >= 4 is 27.3 Å². The largest absolute Gasteiger partial charge is 0.399 e. The van der Waals surface area contributed by atoms with E-state index in [2.05, 4.69) is 28.2 Å². The zero-order valence-corrected chi connectivity index (χ0v) is 9.84. The van der Waals surface area contributed by atoms with Gasteiger partial charge in [0.1, 0.15) is 0 Å². The first-order chi connectivity index (χ1) is 6.70. The number of benzene rings is 1. The Kier molecular flexibility index (Phi) is 2.68. The van der Waals surface area contributed by atoms with Gasteiger partial charge in [-0.3, -0.25) is 0 Å². The Balaban J connectivity index is 2.03. The Morgan fingerprint density at radius 1 is 1.57 bits per heavy atom. The molecule has 3 heteroatoms. The molecule has 0 heterocycles. The predicted molar refractivity (Wildman–Crippen MR) is 64.4 cm³/mol. The maximum Gasteiger partial charge on any atom is 0.0488 e. The van der Waals surface area contributed by atoms with Crippen molar-refractivity contribution in [3.8, 4) is 0 Å². The maximum absolute atomic E-state index is 5.67. The predicted octanol–water partition coefficient (Wildman–Crippen LogP) is 3.24. The fourth-order valence-corrected chi connectivity index (χ4v) is 2.23. The number of anilines is 2. The molecule has 2 rings (SSSR count). The highest BCUT2D eigenvalue weighted by Crippen LogP contribution is 2.37. The van der Waals surface area contributed by atoms with E-state index in [1.807, 2.05) is 18.2 Å². The highest BCUT2D eigenvalue weighted by molar-refractivity contribution is 9.10. The van der Waals surface area contributed by atoms with Crippen LogP contribution >= 0.6 is 15.9 Å². The molecule has 0 aromatic heterocycles. The molecule has 1 aliphatic rings. The third kappa shape index (κ3) is 2.03. The normalized spacial score (nSPS) is 24.7. The molecule has 3 N–H and O–H groups in total. The lowest BCUT2D eigenvalue weighted by molar-refractivity contribution is 0.775. The lowest BCUT2D eigenvalue weighted by Gasteiger charge is -2.08. The van der Waals surface area contributed by atoms with Crippen LogP contribution in [-0.2, 0) is 0 Å². The SMILES string of the molecule is CCC1CC1Nc1ccc(N)cc1Br. The molecule has 0 aliphatic heterocycles. The second-order valence-electron chi connectivity index (χ2n) is 3.89. The smallest absolute Gasteiger partial charge is 0.0488 e. The van der Waals surface area contributed by atoms with Crippen LogP contribution in [-0.4, -0.2) is 6.04 Å². The molecule has 76 valence electrons. The minimum absolute atomic E-state index is 0.667. The van der Waals surface area contributed by atoms with Gasteiger partial charge in [-0.05, 0) is 46.5 Å². The second kappa shape index (κ2) is 3.81. The highest BCUT2D eigenvalue weighted by atomic mass is 79.9. The molecule has 0 spiro atoms. The van der Waals surface area contributed by atoms with Crippen LogP contribution in [0, 0.1) is 5.92 Å². The molecule has 0 radical (unpaired) electrons. The van der Waals surface area contributed by atoms with E-state index in [9.17, 15) is 0 Å². The number of hydrogen-bond acceptors (Lipinski definition) is 2. The molecule has 2 unspecified atom stereocenters. The Hall–Kier alpha value is -0.700. The maximum atomic E-state index is 5.67. The molecule has 1 aromatic rings. The summed E-state index contributed by atoms with van der Waals surface area (Å²) in [6, 6.07) is 6.56. The molecular weight excluding hydrogens is 240 g/mol. The van der Waals surface area contributed by atoms with Gasteiger partial charge in [-0.1, -0.05) is 13.3 Å². The summed E-state index contributed by atoms with van der Waals surface area (Å²) in [6.07, 6.45) is 2.57. The number of nitrogens with one attached hydrogen (secondary N) is 1. The zero-order chi connectivity index (χ0) is 10.1. The number of halogens is 1. The van der Waals surface area contributed by atoms with E-state index >= 15 is 0 Å². The fourth-order valence-electron chi connectivity index (χ4n) is 1.72. The first-order valence-electron chi connectivity index (χ1n) is 5.02. The molecule has 0 bridgehead atoms. The van der Waals surface area contributed by atoms with Crippen molar-refractivity contribution in [2.45, 2.75) is 25.8 Å². The van der Waals surface area contributed by atoms with Gasteiger partial charge in [-0.25, -0.2) is 0 Å². The van der Waals surface area contributed by atoms with E-state index in [0.717, 1.165) is 21.8 Å². The summed E-state index contributed by atoms with van der Waals surface area (Å²) in [6.45, 7) is 2.24. The molecule has 1 aromatic carbocycles. The lowest BCUT2D eigenvalue weighted by Crippen LogP contribution is -2.04. The van der Waals surface area contributed by atoms with Crippen LogP contribution in [0.2, 0.25) is 0 Å². The van der Waals surface area contributed by atoms with Crippen LogP contribution in [0.25, 0.3) is 0 Å². The summed E-state index contributed by atoms with van der Waals surface area (Å²) in [5, 5.41) is 3.51. The van der Waals surface area contributed by atoms with Gasteiger partial charge in [0.15, 0.2) is 0 Å². The number of hydrogen-bond donors (Lipinski definition) is 2. The Morgan fingerprint density at radius 3 is 2.93 bits per heavy atom. The zero-order valence-electron chi connectivity index (χ0n) is 8.26. The van der Waals surface area contributed by atoms with E-state index < -0.39 is 0 Å². The van der Waals surface area contributed by atoms with Gasteiger partial charge in [0, 0.05) is 21.9 Å². The van der Waals surface area contributed by atoms with Crippen molar-refractivity contribution in [3.63, 3.8) is 0 Å². The summed E-state index contributed by atoms with van der Waals surface area (Å²) < 4.78 is 1.05. The second-order valence-corrected chi connectivity index (χ2v) is 4.75. The van der Waals surface area contributed by atoms with E-state index in [-0.39, 0.29) is 0 Å². The van der Waals surface area contributed by atoms with Crippen LogP contribution in [0.1, 0.15) is 19.8 Å². The minimum atomic E-state index is 0.667. The first kappa shape index (κ1) is 9.84. The van der Waals surface area contributed by atoms with Crippen molar-refractivity contribution < 1.29 is 0 Å². The van der Waals surface area contributed by atoms with E-state index in [0.29, 0.717) is 6.04 Å². The fraction of sp³-hybridized carbons (Fsp3) is 0.455. The molecule has 2 nitrogen and oxygen atoms in total. The molecule has 0 saturated heterocycles. The van der Waals surface area contributed by atoms with E-state index in [1.54, 1.807) is 0 Å². The van der Waals surface area contributed by atoms with Gasteiger partial charge < -0.3 is 11.1 Å². The third-order valence-corrected chi connectivity index (χ3v) is 3.44. The topological polar surface area (TPSA) is 38.0 Å². The van der Waals surface area contributed by atoms with Crippen molar-refractivity contribution in [1.82, 2.24) is 0 Å². The monoisotopic (exact) mass is 254 g/mol. The summed E-state index contributed by atoms with van der Waals surface area (Å²) in [7, 11) is 0. The van der Waals surface area contributed by atoms with Crippen LogP contribution in [0.4, 0.5) is 11.4 Å². The number of rotatable bonds is 3. The van der Waals surface area contributed by atoms with Crippen molar-refractivity contribution in [2.24, 2.45) is 5.92 Å². The van der Waals surface area contributed by atoms with Gasteiger partial charge in [0.05, 0.1) is 0 Å². The number of nitrogen functional groups attached to an aromatic ring is 1. The van der Waals surface area contributed by atoms with Gasteiger partial charge >= 0.3 is 0 Å². The molecule has 1 saturated carbocycles. The molecule has 1 aliphatic carbocycles. The lowest BCUT2D eigenvalue weighted by atomic mass is 10.2. The van der Waals surface area contributed by atoms with Gasteiger partial charge in [-0.2, -0.15) is 0 Å². The van der Waals surface area contributed by atoms with Crippen LogP contribution < -0.4 is 11.1 Å². The van der Waals surface area contributed by atoms with Crippen molar-refractivity contribution in [2.75, 3.05) is 11.1 Å².